The van der Waals surface area contributed by atoms with Gasteiger partial charge < -0.3 is 15.0 Å². The smallest absolute Gasteiger partial charge is 0.343 e. The fourth-order valence-corrected chi connectivity index (χ4v) is 6.55. The second kappa shape index (κ2) is 12.0. The summed E-state index contributed by atoms with van der Waals surface area (Å²) in [5, 5.41) is 0.108. The molecule has 1 saturated carbocycles. The predicted octanol–water partition coefficient (Wildman–Crippen LogP) is 4.73. The molecule has 0 bridgehead atoms. The highest BCUT2D eigenvalue weighted by Crippen LogP contribution is 2.39. The van der Waals surface area contributed by atoms with Crippen LogP contribution in [0.5, 0.6) is 0 Å². The molecule has 8 nitrogen and oxygen atoms in total. The number of nitrogens with two attached hydrogens (primary N) is 1. The average Bonchev–Trinajstić information content (AvgIpc) is 3.71. The van der Waals surface area contributed by atoms with Crippen molar-refractivity contribution in [3.8, 4) is 11.1 Å². The molecule has 0 atom stereocenters. The summed E-state index contributed by atoms with van der Waals surface area (Å²) in [6, 6.07) is 6.19. The van der Waals surface area contributed by atoms with Crippen molar-refractivity contribution in [2.45, 2.75) is 70.2 Å². The maximum absolute atomic E-state index is 15.5. The molecule has 0 spiro atoms. The molecule has 1 aliphatic carbocycles. The minimum atomic E-state index is -3.75. The first-order chi connectivity index (χ1) is 18.6. The van der Waals surface area contributed by atoms with Crippen LogP contribution in [-0.2, 0) is 14.8 Å². The van der Waals surface area contributed by atoms with Crippen LogP contribution in [0.4, 0.5) is 4.39 Å². The van der Waals surface area contributed by atoms with E-state index in [2.05, 4.69) is 4.72 Å². The molecule has 39 heavy (non-hydrogen) atoms. The number of fused-ring (bicyclic) bond motifs is 1. The van der Waals surface area contributed by atoms with Gasteiger partial charge in [0.2, 0.25) is 15.5 Å². The molecule has 0 radical (unpaired) electrons. The van der Waals surface area contributed by atoms with Gasteiger partial charge in [-0.15, -0.1) is 0 Å². The molecule has 210 valence electrons. The van der Waals surface area contributed by atoms with Gasteiger partial charge in [0.1, 0.15) is 11.4 Å². The molecule has 0 aliphatic heterocycles. The van der Waals surface area contributed by atoms with Crippen LogP contribution in [0.1, 0.15) is 73.0 Å². The summed E-state index contributed by atoms with van der Waals surface area (Å²) < 4.78 is 51.2. The molecule has 2 aromatic carbocycles. The van der Waals surface area contributed by atoms with Gasteiger partial charge in [0.05, 0.1) is 17.0 Å². The van der Waals surface area contributed by atoms with Crippen LogP contribution in [0.3, 0.4) is 0 Å². The molecule has 3 aromatic rings. The highest BCUT2D eigenvalue weighted by Gasteiger charge is 2.28. The zero-order valence-electron chi connectivity index (χ0n) is 22.7. The Labute approximate surface area is 228 Å². The Kier molecular flexibility index (Phi) is 8.88. The molecule has 1 heterocycles. The maximum atomic E-state index is 15.5. The number of esters is 1. The fraction of sp³-hybridized carbons (Fsp3) is 0.448. The van der Waals surface area contributed by atoms with Gasteiger partial charge >= 0.3 is 5.97 Å². The number of halogens is 1. The van der Waals surface area contributed by atoms with Crippen LogP contribution in [0.15, 0.2) is 40.2 Å². The number of aromatic nitrogens is 1. The van der Waals surface area contributed by atoms with Crippen molar-refractivity contribution >= 4 is 26.9 Å². The number of aryl methyl sites for hydroxylation is 2. The Hall–Kier alpha value is -3.08. The Bertz CT molecular complexity index is 1540. The van der Waals surface area contributed by atoms with Gasteiger partial charge in [-0.25, -0.2) is 22.3 Å². The van der Waals surface area contributed by atoms with Gasteiger partial charge in [0.25, 0.3) is 0 Å². The van der Waals surface area contributed by atoms with E-state index in [1.165, 1.54) is 6.20 Å². The van der Waals surface area contributed by atoms with E-state index < -0.39 is 27.2 Å². The Morgan fingerprint density at radius 1 is 1.10 bits per heavy atom. The van der Waals surface area contributed by atoms with Crippen molar-refractivity contribution < 1.29 is 22.3 Å². The molecule has 4 rings (SSSR count). The summed E-state index contributed by atoms with van der Waals surface area (Å²) in [6.45, 7) is 6.13. The second-order valence-corrected chi connectivity index (χ2v) is 11.8. The minimum Gasteiger partial charge on any atom is -0.462 e. The highest BCUT2D eigenvalue weighted by molar-refractivity contribution is 7.89. The predicted molar refractivity (Wildman–Crippen MR) is 150 cm³/mol. The number of pyridine rings is 1. The molecule has 1 aliphatic rings. The number of benzene rings is 2. The molecular weight excluding hydrogens is 521 g/mol. The van der Waals surface area contributed by atoms with Crippen molar-refractivity contribution in [3.05, 3.63) is 63.2 Å². The van der Waals surface area contributed by atoms with Crippen molar-refractivity contribution in [2.24, 2.45) is 5.73 Å². The summed E-state index contributed by atoms with van der Waals surface area (Å²) in [4.78, 5) is 25.7. The van der Waals surface area contributed by atoms with Gasteiger partial charge in [0, 0.05) is 29.7 Å². The minimum absolute atomic E-state index is 0.108. The van der Waals surface area contributed by atoms with Gasteiger partial charge in [-0.2, -0.15) is 0 Å². The molecule has 1 fully saturated rings. The Morgan fingerprint density at radius 2 is 1.77 bits per heavy atom. The SMILES string of the molecule is CCOC(=O)c1cn(C2CC2)c2cc(-c3cc(C)c(S(=O)(=O)NCCCCCCN)c(C)c3)c(F)cc2c1=O. The lowest BCUT2D eigenvalue weighted by Gasteiger charge is -2.17. The largest absolute Gasteiger partial charge is 0.462 e. The van der Waals surface area contributed by atoms with Gasteiger partial charge in [0.15, 0.2) is 0 Å². The van der Waals surface area contributed by atoms with Crippen molar-refractivity contribution in [2.75, 3.05) is 19.7 Å². The van der Waals surface area contributed by atoms with E-state index in [1.54, 1.807) is 39.0 Å². The molecular formula is C29H36FN3O5S. The quantitative estimate of drug-likeness (QED) is 0.245. The number of sulfonamides is 1. The van der Waals surface area contributed by atoms with Crippen LogP contribution < -0.4 is 15.9 Å². The normalized spacial score (nSPS) is 13.7. The van der Waals surface area contributed by atoms with E-state index in [0.717, 1.165) is 44.6 Å². The third kappa shape index (κ3) is 6.23. The van der Waals surface area contributed by atoms with Crippen LogP contribution in [0.2, 0.25) is 0 Å². The number of hydrogen-bond donors (Lipinski definition) is 2. The van der Waals surface area contributed by atoms with Crippen molar-refractivity contribution in [1.29, 1.82) is 0 Å². The Balaban J connectivity index is 1.71. The molecule has 3 N–H and O–H groups in total. The molecule has 10 heteroatoms. The third-order valence-electron chi connectivity index (χ3n) is 7.02. The molecule has 0 saturated heterocycles. The fourth-order valence-electron chi connectivity index (χ4n) is 5.03. The van der Waals surface area contributed by atoms with Crippen molar-refractivity contribution in [3.63, 3.8) is 0 Å². The number of unbranched alkanes of at least 4 members (excludes halogenated alkanes) is 3. The van der Waals surface area contributed by atoms with Crippen LogP contribution in [-0.4, -0.2) is 38.7 Å². The summed E-state index contributed by atoms with van der Waals surface area (Å²) in [5.41, 5.74) is 7.09. The first-order valence-corrected chi connectivity index (χ1v) is 14.9. The lowest BCUT2D eigenvalue weighted by molar-refractivity contribution is 0.0524. The number of carbonyl (C=O) groups is 1. The number of nitrogens with zero attached hydrogens (tertiary/aromatic N) is 1. The first kappa shape index (κ1) is 28.9. The van der Waals surface area contributed by atoms with E-state index in [9.17, 15) is 18.0 Å². The molecule has 0 amide bonds. The van der Waals surface area contributed by atoms with Crippen molar-refractivity contribution in [1.82, 2.24) is 9.29 Å². The van der Waals surface area contributed by atoms with Crippen LogP contribution in [0.25, 0.3) is 22.0 Å². The standard InChI is InChI=1S/C29H36FN3O5S/c1-4-38-29(35)24-17-33(21-9-10-21)26-16-22(25(30)15-23(26)27(24)34)20-13-18(2)28(19(3)14-20)39(36,37)32-12-8-6-5-7-11-31/h13-17,21,32H,4-12,31H2,1-3H3. The summed E-state index contributed by atoms with van der Waals surface area (Å²) in [5.74, 6) is -1.36. The topological polar surface area (TPSA) is 120 Å². The summed E-state index contributed by atoms with van der Waals surface area (Å²) in [7, 11) is -3.75. The number of nitrogens with one attached hydrogen (secondary N) is 1. The zero-order chi connectivity index (χ0) is 28.3. The molecule has 1 aromatic heterocycles. The van der Waals surface area contributed by atoms with E-state index in [0.29, 0.717) is 35.3 Å². The monoisotopic (exact) mass is 557 g/mol. The lowest BCUT2D eigenvalue weighted by Crippen LogP contribution is -2.26. The van der Waals surface area contributed by atoms with E-state index >= 15 is 4.39 Å². The van der Waals surface area contributed by atoms with Gasteiger partial charge in [-0.05, 0) is 94.0 Å². The molecule has 0 unspecified atom stereocenters. The summed E-state index contributed by atoms with van der Waals surface area (Å²) in [6.07, 6.45) is 6.77. The lowest BCUT2D eigenvalue weighted by atomic mass is 9.98. The maximum Gasteiger partial charge on any atom is 0.343 e. The number of rotatable bonds is 12. The third-order valence-corrected chi connectivity index (χ3v) is 8.79. The number of carbonyl (C=O) groups excluding carboxylic acids is 1. The van der Waals surface area contributed by atoms with E-state index in [1.807, 2.05) is 4.57 Å². The van der Waals surface area contributed by atoms with E-state index in [4.69, 9.17) is 10.5 Å². The average molecular weight is 558 g/mol. The first-order valence-electron chi connectivity index (χ1n) is 13.5. The Morgan fingerprint density at radius 3 is 2.38 bits per heavy atom. The zero-order valence-corrected chi connectivity index (χ0v) is 23.5. The number of hydrogen-bond acceptors (Lipinski definition) is 6. The van der Waals surface area contributed by atoms with Crippen LogP contribution >= 0.6 is 0 Å². The highest BCUT2D eigenvalue weighted by atomic mass is 32.2. The summed E-state index contributed by atoms with van der Waals surface area (Å²) >= 11 is 0. The van der Waals surface area contributed by atoms with Gasteiger partial charge in [-0.1, -0.05) is 12.8 Å². The van der Waals surface area contributed by atoms with Gasteiger partial charge in [-0.3, -0.25) is 4.79 Å². The second-order valence-electron chi connectivity index (χ2n) is 10.1. The van der Waals surface area contributed by atoms with Crippen LogP contribution in [0, 0.1) is 19.7 Å². The number of ether oxygens (including phenoxy) is 1. The van der Waals surface area contributed by atoms with E-state index in [-0.39, 0.29) is 34.1 Å².